The van der Waals surface area contributed by atoms with E-state index in [9.17, 15) is 0 Å². The van der Waals surface area contributed by atoms with E-state index in [-0.39, 0.29) is 6.17 Å². The number of nitrogens with zero attached hydrogens (tertiary/aromatic N) is 2. The number of amidine groups is 1. The van der Waals surface area contributed by atoms with E-state index in [4.69, 9.17) is 12.2 Å². The van der Waals surface area contributed by atoms with Gasteiger partial charge in [-0.25, -0.2) is 0 Å². The van der Waals surface area contributed by atoms with Crippen LogP contribution in [0.5, 0.6) is 0 Å². The van der Waals surface area contributed by atoms with Crippen molar-refractivity contribution in [2.75, 3.05) is 11.2 Å². The second-order valence-electron chi connectivity index (χ2n) is 7.57. The highest BCUT2D eigenvalue weighted by Gasteiger charge is 2.28. The van der Waals surface area contributed by atoms with Crippen molar-refractivity contribution in [3.63, 3.8) is 0 Å². The lowest BCUT2D eigenvalue weighted by molar-refractivity contribution is 0.551. The number of hydrogen-bond donors (Lipinski definition) is 1. The summed E-state index contributed by atoms with van der Waals surface area (Å²) in [4.78, 5) is 3.54. The van der Waals surface area contributed by atoms with Crippen molar-refractivity contribution >= 4 is 40.9 Å². The molecule has 1 aromatic carbocycles. The predicted molar refractivity (Wildman–Crippen MR) is 130 cm³/mol. The van der Waals surface area contributed by atoms with Gasteiger partial charge in [0, 0.05) is 16.7 Å². The molecule has 1 aliphatic heterocycles. The first kappa shape index (κ1) is 23.2. The molecule has 1 heterocycles. The number of rotatable bonds is 15. The van der Waals surface area contributed by atoms with E-state index < -0.39 is 0 Å². The number of unbranched alkanes of at least 4 members (excludes halogenated alkanes) is 10. The van der Waals surface area contributed by atoms with Gasteiger partial charge in [0.15, 0.2) is 0 Å². The summed E-state index contributed by atoms with van der Waals surface area (Å²) in [5, 5.41) is 6.36. The molecule has 5 heteroatoms. The largest absolute Gasteiger partial charge is 0.301 e. The van der Waals surface area contributed by atoms with Crippen molar-refractivity contribution in [3.05, 3.63) is 24.3 Å². The van der Waals surface area contributed by atoms with Crippen molar-refractivity contribution in [3.8, 4) is 0 Å². The van der Waals surface area contributed by atoms with Crippen LogP contribution in [0, 0.1) is 0 Å². The van der Waals surface area contributed by atoms with Crippen LogP contribution in [-0.4, -0.2) is 23.6 Å². The second kappa shape index (κ2) is 14.0. The Bertz CT molecular complexity index is 603. The first-order chi connectivity index (χ1) is 13.8. The van der Waals surface area contributed by atoms with E-state index in [1.807, 2.05) is 0 Å². The molecule has 0 saturated heterocycles. The van der Waals surface area contributed by atoms with Crippen LogP contribution in [0.15, 0.2) is 34.3 Å². The van der Waals surface area contributed by atoms with Crippen molar-refractivity contribution in [1.29, 1.82) is 0 Å². The number of thioether (sulfide) groups is 1. The van der Waals surface area contributed by atoms with Gasteiger partial charge < -0.3 is 4.90 Å². The Morgan fingerprint density at radius 3 is 2.21 bits per heavy atom. The summed E-state index contributed by atoms with van der Waals surface area (Å²) in [5.41, 5.74) is 4.39. The van der Waals surface area contributed by atoms with E-state index in [2.05, 4.69) is 52.9 Å². The minimum absolute atomic E-state index is 0.0222. The number of nitrogens with one attached hydrogen (secondary N) is 1. The molecule has 0 aliphatic carbocycles. The van der Waals surface area contributed by atoms with Crippen molar-refractivity contribution in [2.24, 2.45) is 5.10 Å². The molecule has 0 spiro atoms. The summed E-state index contributed by atoms with van der Waals surface area (Å²) in [6.07, 6.45) is 18.1. The van der Waals surface area contributed by atoms with Crippen LogP contribution in [-0.2, 0) is 0 Å². The molecule has 28 heavy (non-hydrogen) atoms. The van der Waals surface area contributed by atoms with Crippen LogP contribution in [0.4, 0.5) is 5.69 Å². The quantitative estimate of drug-likeness (QED) is 0.185. The standard InChI is InChI=1S/C23H37N3S2/c1-3-4-5-6-7-8-9-10-11-12-13-18-22-24-25-23(19-27)26(22)20-16-14-15-17-21(20)28-2/h14-17,19,23,25H,3-13,18H2,1-2H3. The average Bonchev–Trinajstić information content (AvgIpc) is 3.14. The van der Waals surface area contributed by atoms with Crippen LogP contribution >= 0.6 is 24.0 Å². The fraction of sp³-hybridized carbons (Fsp3) is 0.652. The van der Waals surface area contributed by atoms with Gasteiger partial charge in [0.1, 0.15) is 12.0 Å². The third-order valence-corrected chi connectivity index (χ3v) is 6.40. The maximum absolute atomic E-state index is 5.24. The lowest BCUT2D eigenvalue weighted by Gasteiger charge is -2.26. The lowest BCUT2D eigenvalue weighted by Crippen LogP contribution is -2.41. The normalized spacial score (nSPS) is 16.1. The van der Waals surface area contributed by atoms with E-state index in [0.29, 0.717) is 0 Å². The SMILES string of the molecule is CCCCCCCCCCCCCC1=NNC(C=S)N1c1ccccc1SC. The van der Waals surface area contributed by atoms with Gasteiger partial charge in [-0.15, -0.1) is 11.8 Å². The van der Waals surface area contributed by atoms with Gasteiger partial charge in [-0.2, -0.15) is 5.10 Å². The Morgan fingerprint density at radius 1 is 1.00 bits per heavy atom. The molecule has 3 nitrogen and oxygen atoms in total. The van der Waals surface area contributed by atoms with Gasteiger partial charge in [-0.1, -0.05) is 95.5 Å². The Kier molecular flexibility index (Phi) is 11.6. The minimum Gasteiger partial charge on any atom is -0.301 e. The molecule has 0 aromatic heterocycles. The van der Waals surface area contributed by atoms with E-state index in [0.717, 1.165) is 12.3 Å². The first-order valence-electron chi connectivity index (χ1n) is 11.0. The van der Waals surface area contributed by atoms with E-state index in [1.54, 1.807) is 17.1 Å². The molecule has 2 rings (SSSR count). The average molecular weight is 420 g/mol. The topological polar surface area (TPSA) is 27.6 Å². The van der Waals surface area contributed by atoms with Crippen LogP contribution in [0.1, 0.15) is 84.0 Å². The molecule has 1 N–H and O–H groups in total. The maximum Gasteiger partial charge on any atom is 0.150 e. The zero-order chi connectivity index (χ0) is 20.0. The lowest BCUT2D eigenvalue weighted by atomic mass is 10.0. The molecular formula is C23H37N3S2. The third kappa shape index (κ3) is 7.40. The van der Waals surface area contributed by atoms with Crippen LogP contribution in [0.2, 0.25) is 0 Å². The third-order valence-electron chi connectivity index (χ3n) is 5.36. The summed E-state index contributed by atoms with van der Waals surface area (Å²) in [7, 11) is 0. The zero-order valence-corrected chi connectivity index (χ0v) is 19.3. The number of hydrogen-bond acceptors (Lipinski definition) is 5. The highest BCUT2D eigenvalue weighted by molar-refractivity contribution is 7.98. The minimum atomic E-state index is -0.0222. The Morgan fingerprint density at radius 2 is 1.61 bits per heavy atom. The van der Waals surface area contributed by atoms with Crippen LogP contribution < -0.4 is 10.3 Å². The summed E-state index contributed by atoms with van der Waals surface area (Å²) in [6, 6.07) is 8.51. The molecule has 0 fully saturated rings. The zero-order valence-electron chi connectivity index (χ0n) is 17.7. The van der Waals surface area contributed by atoms with E-state index in [1.165, 1.54) is 81.2 Å². The fourth-order valence-electron chi connectivity index (χ4n) is 3.75. The molecule has 0 radical (unpaired) electrons. The number of anilines is 1. The summed E-state index contributed by atoms with van der Waals surface area (Å²) < 4.78 is 0. The summed E-state index contributed by atoms with van der Waals surface area (Å²) >= 11 is 7.01. The fourth-order valence-corrected chi connectivity index (χ4v) is 4.52. The van der Waals surface area contributed by atoms with Crippen LogP contribution in [0.25, 0.3) is 0 Å². The number of para-hydroxylation sites is 1. The number of benzene rings is 1. The van der Waals surface area contributed by atoms with Gasteiger partial charge in [0.05, 0.1) is 5.69 Å². The number of hydrazone groups is 1. The maximum atomic E-state index is 5.24. The van der Waals surface area contributed by atoms with Crippen molar-refractivity contribution < 1.29 is 0 Å². The Balaban J connectivity index is 1.69. The Hall–Kier alpha value is -1.07. The smallest absolute Gasteiger partial charge is 0.150 e. The molecule has 0 bridgehead atoms. The van der Waals surface area contributed by atoms with Gasteiger partial charge >= 0.3 is 0 Å². The molecule has 0 saturated carbocycles. The first-order valence-corrected chi connectivity index (χ1v) is 12.7. The molecule has 1 aliphatic rings. The molecule has 0 amide bonds. The molecule has 1 aromatic rings. The number of thiocarbonyl (C=S) groups is 1. The molecule has 156 valence electrons. The highest BCUT2D eigenvalue weighted by Crippen LogP contribution is 2.31. The molecule has 1 unspecified atom stereocenters. The van der Waals surface area contributed by atoms with Crippen molar-refractivity contribution in [1.82, 2.24) is 5.43 Å². The predicted octanol–water partition coefficient (Wildman–Crippen LogP) is 7.16. The molecule has 1 atom stereocenters. The van der Waals surface area contributed by atoms with Gasteiger partial charge in [0.25, 0.3) is 0 Å². The second-order valence-corrected chi connectivity index (χ2v) is 8.69. The van der Waals surface area contributed by atoms with Gasteiger partial charge in [-0.3, -0.25) is 5.43 Å². The van der Waals surface area contributed by atoms with Crippen LogP contribution in [0.3, 0.4) is 0 Å². The summed E-state index contributed by atoms with van der Waals surface area (Å²) in [6.45, 7) is 2.28. The van der Waals surface area contributed by atoms with Gasteiger partial charge in [-0.05, 0) is 24.8 Å². The molecular weight excluding hydrogens is 382 g/mol. The Labute approximate surface area is 181 Å². The highest BCUT2D eigenvalue weighted by atomic mass is 32.2. The van der Waals surface area contributed by atoms with Gasteiger partial charge in [0.2, 0.25) is 0 Å². The van der Waals surface area contributed by atoms with Crippen molar-refractivity contribution in [2.45, 2.75) is 95.0 Å². The summed E-state index contributed by atoms with van der Waals surface area (Å²) in [5.74, 6) is 1.11. The monoisotopic (exact) mass is 419 g/mol. The van der Waals surface area contributed by atoms with E-state index >= 15 is 0 Å².